The van der Waals surface area contributed by atoms with Crippen molar-refractivity contribution in [3.05, 3.63) is 227 Å². The highest BCUT2D eigenvalue weighted by Crippen LogP contribution is 2.52. The fourth-order valence-corrected chi connectivity index (χ4v) is 11.3. The molecule has 0 spiro atoms. The summed E-state index contributed by atoms with van der Waals surface area (Å²) in [4.78, 5) is 10.3. The molecule has 7 aromatic carbocycles. The Balaban J connectivity index is 1.19. The van der Waals surface area contributed by atoms with Gasteiger partial charge in [0.05, 0.1) is 29.1 Å². The molecule has 9 aromatic rings. The number of ether oxygens (including phenoxy) is 1. The van der Waals surface area contributed by atoms with E-state index in [0.29, 0.717) is 6.67 Å². The third kappa shape index (κ3) is 10.2. The van der Waals surface area contributed by atoms with Gasteiger partial charge in [-0.05, 0) is 127 Å². The number of rotatable bonds is 10. The standard InChI is InChI=1S/C72H80N4O/c1-67(2,3)52-36-37-73-64(44-52)76-62-35-32-49(48-26-20-17-21-27-48)38-61(62)60-34-33-58(46-63(60)76)77-59-43-55(70(10,11)12)42-57(45-59)75-47-74(56-40-53(68(4,5)6)39-54(41-56)69(7,8)9)65(71(13,14)50-28-22-18-23-29-50)66(75)72(15,16)51-30-24-19-25-31-51/h17-46H,47H2,1-16H3. The van der Waals surface area contributed by atoms with Crippen molar-refractivity contribution in [2.45, 2.75) is 143 Å². The molecule has 1 aliphatic heterocycles. The van der Waals surface area contributed by atoms with Gasteiger partial charge in [0.25, 0.3) is 0 Å². The predicted octanol–water partition coefficient (Wildman–Crippen LogP) is 19.3. The van der Waals surface area contributed by atoms with Gasteiger partial charge in [0.2, 0.25) is 0 Å². The minimum atomic E-state index is -0.443. The van der Waals surface area contributed by atoms with E-state index in [0.717, 1.165) is 39.4 Å². The summed E-state index contributed by atoms with van der Waals surface area (Å²) in [6.07, 6.45) is 1.95. The number of hydrogen-bond acceptors (Lipinski definition) is 4. The van der Waals surface area contributed by atoms with Crippen molar-refractivity contribution in [3.63, 3.8) is 0 Å². The lowest BCUT2D eigenvalue weighted by Gasteiger charge is -2.39. The molecule has 2 aromatic heterocycles. The van der Waals surface area contributed by atoms with Crippen LogP contribution in [0.15, 0.2) is 194 Å². The summed E-state index contributed by atoms with van der Waals surface area (Å²) >= 11 is 0. The molecule has 5 nitrogen and oxygen atoms in total. The van der Waals surface area contributed by atoms with Crippen LogP contribution in [0.2, 0.25) is 0 Å². The SMILES string of the molecule is CC(C)(C)c1cc(Oc2ccc3c4cc(-c5ccccc5)ccc4n(-c4cc(C(C)(C)C)ccn4)c3c2)cc(N2CN(c3cc(C(C)(C)C)cc(C(C)(C)C)c3)C(C(C)(C)c3ccccc3)=C2C(C)(C)c2ccccc2)c1. The van der Waals surface area contributed by atoms with Crippen molar-refractivity contribution in [3.8, 4) is 28.4 Å². The lowest BCUT2D eigenvalue weighted by Crippen LogP contribution is -2.35. The van der Waals surface area contributed by atoms with Crippen molar-refractivity contribution >= 4 is 33.2 Å². The number of benzene rings is 7. The smallest absolute Gasteiger partial charge is 0.137 e. The minimum absolute atomic E-state index is 0.0530. The van der Waals surface area contributed by atoms with E-state index in [1.807, 2.05) is 6.20 Å². The molecule has 0 radical (unpaired) electrons. The second-order valence-corrected chi connectivity index (χ2v) is 26.8. The van der Waals surface area contributed by atoms with Gasteiger partial charge in [0.15, 0.2) is 0 Å². The van der Waals surface area contributed by atoms with Crippen LogP contribution in [0.5, 0.6) is 11.5 Å². The molecule has 0 unspecified atom stereocenters. The highest BCUT2D eigenvalue weighted by molar-refractivity contribution is 6.10. The first-order valence-electron chi connectivity index (χ1n) is 27.7. The van der Waals surface area contributed by atoms with Crippen LogP contribution >= 0.6 is 0 Å². The van der Waals surface area contributed by atoms with E-state index in [1.54, 1.807) is 0 Å². The number of allylic oxidation sites excluding steroid dienone is 2. The van der Waals surface area contributed by atoms with E-state index in [2.05, 4.69) is 301 Å². The van der Waals surface area contributed by atoms with Crippen molar-refractivity contribution in [1.29, 1.82) is 0 Å². The molecule has 0 aliphatic carbocycles. The lowest BCUT2D eigenvalue weighted by atomic mass is 9.73. The molecule has 1 aliphatic rings. The van der Waals surface area contributed by atoms with Crippen LogP contribution < -0.4 is 14.5 Å². The molecular formula is C72H80N4O. The monoisotopic (exact) mass is 1020 g/mol. The molecule has 3 heterocycles. The normalized spacial score (nSPS) is 14.1. The molecule has 10 rings (SSSR count). The average molecular weight is 1020 g/mol. The van der Waals surface area contributed by atoms with E-state index in [-0.39, 0.29) is 21.7 Å². The first-order valence-corrected chi connectivity index (χ1v) is 27.7. The first kappa shape index (κ1) is 53.0. The largest absolute Gasteiger partial charge is 0.457 e. The molecular weight excluding hydrogens is 937 g/mol. The van der Waals surface area contributed by atoms with Gasteiger partial charge in [0, 0.05) is 51.3 Å². The van der Waals surface area contributed by atoms with Gasteiger partial charge >= 0.3 is 0 Å². The Labute approximate surface area is 460 Å². The Bertz CT molecular complexity index is 3630. The van der Waals surface area contributed by atoms with E-state index >= 15 is 0 Å². The Hall–Kier alpha value is -7.37. The van der Waals surface area contributed by atoms with Gasteiger partial charge in [-0.25, -0.2) is 4.98 Å². The van der Waals surface area contributed by atoms with Crippen LogP contribution in [0.4, 0.5) is 11.4 Å². The van der Waals surface area contributed by atoms with Gasteiger partial charge in [-0.1, -0.05) is 214 Å². The summed E-state index contributed by atoms with van der Waals surface area (Å²) in [5.74, 6) is 2.43. The molecule has 0 fully saturated rings. The number of anilines is 2. The van der Waals surface area contributed by atoms with E-state index in [1.165, 1.54) is 67.0 Å². The van der Waals surface area contributed by atoms with E-state index < -0.39 is 10.8 Å². The number of fused-ring (bicyclic) bond motifs is 3. The van der Waals surface area contributed by atoms with Gasteiger partial charge < -0.3 is 14.5 Å². The van der Waals surface area contributed by atoms with Crippen LogP contribution in [-0.2, 0) is 32.5 Å². The number of hydrogen-bond donors (Lipinski definition) is 0. The number of nitrogens with zero attached hydrogens (tertiary/aromatic N) is 4. The van der Waals surface area contributed by atoms with Gasteiger partial charge in [-0.2, -0.15) is 0 Å². The summed E-state index contributed by atoms with van der Waals surface area (Å²) in [5, 5.41) is 2.31. The minimum Gasteiger partial charge on any atom is -0.457 e. The first-order chi connectivity index (χ1) is 36.2. The van der Waals surface area contributed by atoms with Gasteiger partial charge in [-0.3, -0.25) is 4.57 Å². The predicted molar refractivity (Wildman–Crippen MR) is 328 cm³/mol. The van der Waals surface area contributed by atoms with Crippen LogP contribution in [0.3, 0.4) is 0 Å². The summed E-state index contributed by atoms with van der Waals surface area (Å²) in [6.45, 7) is 38.0. The Morgan fingerprint density at radius 2 is 0.857 bits per heavy atom. The average Bonchev–Trinajstić information content (AvgIpc) is 4.05. The highest BCUT2D eigenvalue weighted by Gasteiger charge is 2.47. The number of aromatic nitrogens is 2. The molecule has 394 valence electrons. The van der Waals surface area contributed by atoms with Crippen LogP contribution in [0.1, 0.15) is 144 Å². The Morgan fingerprint density at radius 3 is 1.38 bits per heavy atom. The fourth-order valence-electron chi connectivity index (χ4n) is 11.3. The quantitative estimate of drug-likeness (QED) is 0.137. The maximum Gasteiger partial charge on any atom is 0.137 e. The fraction of sp³-hybridized carbons (Fsp3) is 0.319. The van der Waals surface area contributed by atoms with Crippen molar-refractivity contribution in [2.24, 2.45) is 0 Å². The molecule has 0 saturated heterocycles. The molecule has 0 N–H and O–H groups in total. The van der Waals surface area contributed by atoms with Crippen molar-refractivity contribution < 1.29 is 4.74 Å². The lowest BCUT2D eigenvalue weighted by molar-refractivity contribution is 0.479. The summed E-state index contributed by atoms with van der Waals surface area (Å²) in [6, 6.07) is 64.9. The van der Waals surface area contributed by atoms with Crippen molar-refractivity contribution in [2.75, 3.05) is 16.5 Å². The summed E-state index contributed by atoms with van der Waals surface area (Å²) in [7, 11) is 0. The summed E-state index contributed by atoms with van der Waals surface area (Å²) < 4.78 is 9.59. The van der Waals surface area contributed by atoms with E-state index in [4.69, 9.17) is 9.72 Å². The van der Waals surface area contributed by atoms with Crippen LogP contribution in [-0.4, -0.2) is 16.2 Å². The Morgan fingerprint density at radius 1 is 0.364 bits per heavy atom. The molecule has 0 atom stereocenters. The third-order valence-electron chi connectivity index (χ3n) is 16.2. The van der Waals surface area contributed by atoms with Crippen LogP contribution in [0, 0.1) is 0 Å². The molecule has 0 amide bonds. The summed E-state index contributed by atoms with van der Waals surface area (Å²) in [5.41, 5.74) is 15.7. The maximum atomic E-state index is 7.28. The van der Waals surface area contributed by atoms with Gasteiger partial charge in [-0.15, -0.1) is 0 Å². The van der Waals surface area contributed by atoms with Crippen LogP contribution in [0.25, 0.3) is 38.8 Å². The second kappa shape index (κ2) is 19.3. The molecule has 5 heteroatoms. The molecule has 0 bridgehead atoms. The second-order valence-electron chi connectivity index (χ2n) is 26.8. The topological polar surface area (TPSA) is 33.5 Å². The van der Waals surface area contributed by atoms with E-state index in [9.17, 15) is 0 Å². The highest BCUT2D eigenvalue weighted by atomic mass is 16.5. The Kier molecular flexibility index (Phi) is 13.3. The number of pyridine rings is 1. The molecule has 77 heavy (non-hydrogen) atoms. The maximum absolute atomic E-state index is 7.28. The van der Waals surface area contributed by atoms with Gasteiger partial charge in [0.1, 0.15) is 17.3 Å². The zero-order chi connectivity index (χ0) is 55.0. The molecule has 0 saturated carbocycles. The van der Waals surface area contributed by atoms with Crippen molar-refractivity contribution in [1.82, 2.24) is 9.55 Å². The zero-order valence-electron chi connectivity index (χ0n) is 48.7. The third-order valence-corrected chi connectivity index (χ3v) is 16.2. The zero-order valence-corrected chi connectivity index (χ0v) is 48.7.